The SMILES string of the molecule is CCC1C2CNCC2CN1C(=O)c1ccoc1C. The molecule has 2 aliphatic rings. The van der Waals surface area contributed by atoms with Crippen LogP contribution in [0, 0.1) is 18.8 Å². The number of nitrogens with zero attached hydrogens (tertiary/aromatic N) is 1. The average molecular weight is 248 g/mol. The van der Waals surface area contributed by atoms with E-state index < -0.39 is 0 Å². The molecule has 0 bridgehead atoms. The van der Waals surface area contributed by atoms with Crippen molar-refractivity contribution < 1.29 is 9.21 Å². The number of amides is 1. The Balaban J connectivity index is 1.84. The summed E-state index contributed by atoms with van der Waals surface area (Å²) in [6.07, 6.45) is 2.63. The van der Waals surface area contributed by atoms with Gasteiger partial charge in [0.1, 0.15) is 5.76 Å². The monoisotopic (exact) mass is 248 g/mol. The molecule has 1 aromatic heterocycles. The summed E-state index contributed by atoms with van der Waals surface area (Å²) < 4.78 is 5.25. The Morgan fingerprint density at radius 2 is 2.39 bits per heavy atom. The zero-order chi connectivity index (χ0) is 12.7. The largest absolute Gasteiger partial charge is 0.469 e. The van der Waals surface area contributed by atoms with Crippen LogP contribution in [0.1, 0.15) is 29.5 Å². The van der Waals surface area contributed by atoms with Crippen molar-refractivity contribution in [3.05, 3.63) is 23.7 Å². The summed E-state index contributed by atoms with van der Waals surface area (Å²) in [5.41, 5.74) is 0.724. The molecule has 1 aromatic rings. The third kappa shape index (κ3) is 1.67. The van der Waals surface area contributed by atoms with Crippen LogP contribution in [0.2, 0.25) is 0 Å². The second-order valence-electron chi connectivity index (χ2n) is 5.41. The van der Waals surface area contributed by atoms with E-state index in [0.29, 0.717) is 17.9 Å². The lowest BCUT2D eigenvalue weighted by Gasteiger charge is -2.26. The number of furan rings is 1. The zero-order valence-electron chi connectivity index (χ0n) is 11.0. The van der Waals surface area contributed by atoms with Gasteiger partial charge in [-0.1, -0.05) is 6.92 Å². The molecule has 2 saturated heterocycles. The number of carbonyl (C=O) groups excluding carboxylic acids is 1. The Morgan fingerprint density at radius 3 is 3.06 bits per heavy atom. The van der Waals surface area contributed by atoms with Gasteiger partial charge < -0.3 is 14.6 Å². The third-order valence-electron chi connectivity index (χ3n) is 4.49. The summed E-state index contributed by atoms with van der Waals surface area (Å²) >= 11 is 0. The minimum Gasteiger partial charge on any atom is -0.469 e. The predicted molar refractivity (Wildman–Crippen MR) is 68.4 cm³/mol. The normalized spacial score (nSPS) is 30.8. The highest BCUT2D eigenvalue weighted by Gasteiger charge is 2.45. The van der Waals surface area contributed by atoms with E-state index in [1.54, 1.807) is 12.3 Å². The fourth-order valence-corrected chi connectivity index (χ4v) is 3.54. The predicted octanol–water partition coefficient (Wildman–Crippen LogP) is 1.66. The Morgan fingerprint density at radius 1 is 1.56 bits per heavy atom. The van der Waals surface area contributed by atoms with Crippen molar-refractivity contribution >= 4 is 5.91 Å². The maximum atomic E-state index is 12.6. The smallest absolute Gasteiger partial charge is 0.257 e. The third-order valence-corrected chi connectivity index (χ3v) is 4.49. The molecule has 3 rings (SSSR count). The maximum Gasteiger partial charge on any atom is 0.257 e. The number of fused-ring (bicyclic) bond motifs is 1. The van der Waals surface area contributed by atoms with Gasteiger partial charge in [0.05, 0.1) is 11.8 Å². The van der Waals surface area contributed by atoms with E-state index in [2.05, 4.69) is 17.1 Å². The Labute approximate surface area is 107 Å². The molecule has 3 atom stereocenters. The van der Waals surface area contributed by atoms with Gasteiger partial charge in [-0.25, -0.2) is 0 Å². The zero-order valence-corrected chi connectivity index (χ0v) is 11.0. The highest BCUT2D eigenvalue weighted by molar-refractivity contribution is 5.95. The lowest BCUT2D eigenvalue weighted by Crippen LogP contribution is -2.39. The van der Waals surface area contributed by atoms with E-state index in [1.807, 2.05) is 6.92 Å². The number of aryl methyl sites for hydroxylation is 1. The molecule has 18 heavy (non-hydrogen) atoms. The van der Waals surface area contributed by atoms with E-state index in [4.69, 9.17) is 4.42 Å². The minimum atomic E-state index is 0.141. The van der Waals surface area contributed by atoms with Gasteiger partial charge in [0.2, 0.25) is 0 Å². The molecule has 4 heteroatoms. The summed E-state index contributed by atoms with van der Waals surface area (Å²) in [7, 11) is 0. The summed E-state index contributed by atoms with van der Waals surface area (Å²) in [6, 6.07) is 2.17. The first-order chi connectivity index (χ1) is 8.72. The summed E-state index contributed by atoms with van der Waals surface area (Å²) in [6.45, 7) is 7.02. The summed E-state index contributed by atoms with van der Waals surface area (Å²) in [4.78, 5) is 14.6. The van der Waals surface area contributed by atoms with Gasteiger partial charge in [-0.05, 0) is 31.2 Å². The number of likely N-dealkylation sites (tertiary alicyclic amines) is 1. The molecular formula is C14H20N2O2. The highest BCUT2D eigenvalue weighted by Crippen LogP contribution is 2.35. The highest BCUT2D eigenvalue weighted by atomic mass is 16.3. The molecule has 3 heterocycles. The Hall–Kier alpha value is -1.29. The van der Waals surface area contributed by atoms with Crippen LogP contribution in [-0.2, 0) is 0 Å². The average Bonchev–Trinajstić information content (AvgIpc) is 3.01. The first-order valence-corrected chi connectivity index (χ1v) is 6.78. The van der Waals surface area contributed by atoms with Gasteiger partial charge >= 0.3 is 0 Å². The van der Waals surface area contributed by atoms with Gasteiger partial charge in [-0.2, -0.15) is 0 Å². The molecular weight excluding hydrogens is 228 g/mol. The van der Waals surface area contributed by atoms with Crippen LogP contribution >= 0.6 is 0 Å². The van der Waals surface area contributed by atoms with E-state index in [0.717, 1.165) is 37.4 Å². The van der Waals surface area contributed by atoms with Crippen LogP contribution in [-0.4, -0.2) is 36.5 Å². The van der Waals surface area contributed by atoms with Gasteiger partial charge in [0.25, 0.3) is 5.91 Å². The van der Waals surface area contributed by atoms with Crippen LogP contribution in [0.3, 0.4) is 0 Å². The molecule has 0 spiro atoms. The number of hydrogen-bond acceptors (Lipinski definition) is 3. The lowest BCUT2D eigenvalue weighted by molar-refractivity contribution is 0.0710. The van der Waals surface area contributed by atoms with Crippen molar-refractivity contribution in [2.75, 3.05) is 19.6 Å². The fraction of sp³-hybridized carbons (Fsp3) is 0.643. The second-order valence-corrected chi connectivity index (χ2v) is 5.41. The molecule has 98 valence electrons. The number of rotatable bonds is 2. The molecule has 2 aliphatic heterocycles. The standard InChI is InChI=1S/C14H20N2O2/c1-3-13-12-7-15-6-10(12)8-16(13)14(17)11-4-5-18-9(11)2/h4-5,10,12-13,15H,3,6-8H2,1-2H3. The number of nitrogens with one attached hydrogen (secondary N) is 1. The van der Waals surface area contributed by atoms with Crippen LogP contribution in [0.25, 0.3) is 0 Å². The molecule has 0 radical (unpaired) electrons. The lowest BCUT2D eigenvalue weighted by atomic mass is 9.93. The molecule has 1 N–H and O–H groups in total. The van der Waals surface area contributed by atoms with E-state index in [9.17, 15) is 4.79 Å². The van der Waals surface area contributed by atoms with Crippen molar-refractivity contribution in [3.8, 4) is 0 Å². The molecule has 0 saturated carbocycles. The van der Waals surface area contributed by atoms with Crippen LogP contribution in [0.4, 0.5) is 0 Å². The molecule has 4 nitrogen and oxygen atoms in total. The van der Waals surface area contributed by atoms with E-state index in [-0.39, 0.29) is 5.91 Å². The van der Waals surface area contributed by atoms with Gasteiger partial charge in [-0.15, -0.1) is 0 Å². The van der Waals surface area contributed by atoms with Crippen molar-refractivity contribution in [1.29, 1.82) is 0 Å². The van der Waals surface area contributed by atoms with Crippen molar-refractivity contribution in [2.45, 2.75) is 26.3 Å². The van der Waals surface area contributed by atoms with Gasteiger partial charge in [-0.3, -0.25) is 4.79 Å². The molecule has 2 fully saturated rings. The Bertz CT molecular complexity index is 454. The fourth-order valence-electron chi connectivity index (χ4n) is 3.54. The van der Waals surface area contributed by atoms with Crippen molar-refractivity contribution in [1.82, 2.24) is 10.2 Å². The quantitative estimate of drug-likeness (QED) is 0.865. The molecule has 0 aliphatic carbocycles. The van der Waals surface area contributed by atoms with Crippen molar-refractivity contribution in [3.63, 3.8) is 0 Å². The molecule has 1 amide bonds. The van der Waals surface area contributed by atoms with E-state index in [1.165, 1.54) is 0 Å². The van der Waals surface area contributed by atoms with Gasteiger partial charge in [0.15, 0.2) is 0 Å². The first kappa shape index (κ1) is 11.8. The second kappa shape index (κ2) is 4.43. The topological polar surface area (TPSA) is 45.5 Å². The van der Waals surface area contributed by atoms with Gasteiger partial charge in [0, 0.05) is 25.7 Å². The first-order valence-electron chi connectivity index (χ1n) is 6.78. The maximum absolute atomic E-state index is 12.6. The van der Waals surface area contributed by atoms with Crippen LogP contribution in [0.15, 0.2) is 16.7 Å². The number of hydrogen-bond donors (Lipinski definition) is 1. The number of carbonyl (C=O) groups is 1. The van der Waals surface area contributed by atoms with Crippen LogP contribution < -0.4 is 5.32 Å². The minimum absolute atomic E-state index is 0.141. The van der Waals surface area contributed by atoms with Crippen LogP contribution in [0.5, 0.6) is 0 Å². The summed E-state index contributed by atoms with van der Waals surface area (Å²) in [5, 5.41) is 3.44. The van der Waals surface area contributed by atoms with Crippen molar-refractivity contribution in [2.24, 2.45) is 11.8 Å². The molecule has 0 aromatic carbocycles. The summed E-state index contributed by atoms with van der Waals surface area (Å²) in [5.74, 6) is 2.13. The van der Waals surface area contributed by atoms with E-state index >= 15 is 0 Å². The Kier molecular flexibility index (Phi) is 2.90. The molecule has 3 unspecified atom stereocenters.